The van der Waals surface area contributed by atoms with E-state index in [0.717, 1.165) is 11.3 Å². The zero-order valence-corrected chi connectivity index (χ0v) is 13.9. The molecule has 0 aliphatic heterocycles. The number of hydrogen-bond donors (Lipinski definition) is 1. The Morgan fingerprint density at radius 3 is 2.61 bits per heavy atom. The van der Waals surface area contributed by atoms with Crippen molar-refractivity contribution in [1.82, 2.24) is 14.8 Å². The summed E-state index contributed by atoms with van der Waals surface area (Å²) in [4.78, 5) is 14.4. The molecular formula is C18H25N3O2. The van der Waals surface area contributed by atoms with Crippen molar-refractivity contribution in [3.63, 3.8) is 0 Å². The van der Waals surface area contributed by atoms with Gasteiger partial charge in [-0.05, 0) is 17.7 Å². The minimum atomic E-state index is 0.0890. The first-order valence-electron chi connectivity index (χ1n) is 7.82. The molecule has 0 atom stereocenters. The van der Waals surface area contributed by atoms with Crippen molar-refractivity contribution in [3.05, 3.63) is 59.9 Å². The molecule has 0 radical (unpaired) electrons. The summed E-state index contributed by atoms with van der Waals surface area (Å²) in [6.45, 7) is 2.80. The van der Waals surface area contributed by atoms with E-state index in [-0.39, 0.29) is 5.91 Å². The highest BCUT2D eigenvalue weighted by Gasteiger charge is 2.15. The van der Waals surface area contributed by atoms with E-state index in [1.54, 1.807) is 7.11 Å². The number of ether oxygens (including phenoxy) is 1. The highest BCUT2D eigenvalue weighted by Crippen LogP contribution is 2.10. The molecule has 0 unspecified atom stereocenters. The predicted octanol–water partition coefficient (Wildman–Crippen LogP) is 1.79. The van der Waals surface area contributed by atoms with Gasteiger partial charge < -0.3 is 19.5 Å². The van der Waals surface area contributed by atoms with Crippen molar-refractivity contribution in [3.8, 4) is 0 Å². The highest BCUT2D eigenvalue weighted by molar-refractivity contribution is 5.78. The smallest absolute Gasteiger partial charge is 0.237 e. The first-order valence-corrected chi connectivity index (χ1v) is 7.82. The molecule has 0 saturated heterocycles. The fourth-order valence-corrected chi connectivity index (χ4v) is 2.37. The first-order chi connectivity index (χ1) is 11.2. The number of nitrogens with zero attached hydrogens (tertiary/aromatic N) is 2. The Labute approximate surface area is 137 Å². The standard InChI is InChI=1S/C18H25N3O2/c1-20-11-6-9-17(20)15-21(14-16-7-4-3-5-8-16)18(22)13-19-10-12-23-2/h3-9,11,19H,10,12-15H2,1-2H3. The molecule has 0 saturated carbocycles. The number of benzene rings is 1. The molecule has 0 fully saturated rings. The van der Waals surface area contributed by atoms with Crippen LogP contribution in [0.25, 0.3) is 0 Å². The molecule has 1 aromatic carbocycles. The normalized spacial score (nSPS) is 10.7. The molecule has 0 bridgehead atoms. The Bertz CT molecular complexity index is 595. The Balaban J connectivity index is 2.01. The van der Waals surface area contributed by atoms with Gasteiger partial charge in [0.15, 0.2) is 0 Å². The zero-order chi connectivity index (χ0) is 16.5. The van der Waals surface area contributed by atoms with Gasteiger partial charge in [-0.15, -0.1) is 0 Å². The predicted molar refractivity (Wildman–Crippen MR) is 90.9 cm³/mol. The largest absolute Gasteiger partial charge is 0.383 e. The van der Waals surface area contributed by atoms with Crippen LogP contribution in [0.15, 0.2) is 48.7 Å². The van der Waals surface area contributed by atoms with Crippen LogP contribution in [-0.2, 0) is 29.7 Å². The average molecular weight is 315 g/mol. The lowest BCUT2D eigenvalue weighted by molar-refractivity contribution is -0.131. The Kier molecular flexibility index (Phi) is 6.84. The number of carbonyl (C=O) groups excluding carboxylic acids is 1. The summed E-state index contributed by atoms with van der Waals surface area (Å²) in [5.74, 6) is 0.0890. The molecule has 5 nitrogen and oxygen atoms in total. The topological polar surface area (TPSA) is 46.5 Å². The van der Waals surface area contributed by atoms with Crippen molar-refractivity contribution in [1.29, 1.82) is 0 Å². The van der Waals surface area contributed by atoms with Gasteiger partial charge in [-0.1, -0.05) is 30.3 Å². The molecule has 1 aromatic heterocycles. The molecule has 124 valence electrons. The summed E-state index contributed by atoms with van der Waals surface area (Å²) in [5.41, 5.74) is 2.25. The monoisotopic (exact) mass is 315 g/mol. The van der Waals surface area contributed by atoms with Gasteiger partial charge in [0.25, 0.3) is 0 Å². The zero-order valence-electron chi connectivity index (χ0n) is 13.9. The van der Waals surface area contributed by atoms with Gasteiger partial charge in [-0.2, -0.15) is 0 Å². The molecule has 1 N–H and O–H groups in total. The number of carbonyl (C=O) groups is 1. The van der Waals surface area contributed by atoms with Gasteiger partial charge >= 0.3 is 0 Å². The van der Waals surface area contributed by atoms with Crippen LogP contribution in [0.2, 0.25) is 0 Å². The Morgan fingerprint density at radius 1 is 1.17 bits per heavy atom. The quantitative estimate of drug-likeness (QED) is 0.718. The summed E-state index contributed by atoms with van der Waals surface area (Å²) in [7, 11) is 3.65. The number of hydrogen-bond acceptors (Lipinski definition) is 3. The molecular weight excluding hydrogens is 290 g/mol. The van der Waals surface area contributed by atoms with Crippen molar-refractivity contribution < 1.29 is 9.53 Å². The summed E-state index contributed by atoms with van der Waals surface area (Å²) in [6, 6.07) is 14.1. The Morgan fingerprint density at radius 2 is 1.96 bits per heavy atom. The van der Waals surface area contributed by atoms with Crippen LogP contribution < -0.4 is 5.32 Å². The summed E-state index contributed by atoms with van der Waals surface area (Å²) in [5, 5.41) is 3.12. The van der Waals surface area contributed by atoms with E-state index in [4.69, 9.17) is 4.74 Å². The van der Waals surface area contributed by atoms with Gasteiger partial charge in [0, 0.05) is 39.1 Å². The lowest BCUT2D eigenvalue weighted by Gasteiger charge is -2.23. The maximum absolute atomic E-state index is 12.6. The fraction of sp³-hybridized carbons (Fsp3) is 0.389. The minimum absolute atomic E-state index is 0.0890. The second kappa shape index (κ2) is 9.12. The van der Waals surface area contributed by atoms with E-state index in [2.05, 4.69) is 5.32 Å². The molecule has 23 heavy (non-hydrogen) atoms. The van der Waals surface area contributed by atoms with Gasteiger partial charge in [0.05, 0.1) is 19.7 Å². The SMILES string of the molecule is COCCNCC(=O)N(Cc1ccccc1)Cc1cccn1C. The molecule has 2 rings (SSSR count). The summed E-state index contributed by atoms with van der Waals surface area (Å²) < 4.78 is 7.04. The van der Waals surface area contributed by atoms with E-state index >= 15 is 0 Å². The first kappa shape index (κ1) is 17.2. The van der Waals surface area contributed by atoms with Crippen LogP contribution >= 0.6 is 0 Å². The maximum Gasteiger partial charge on any atom is 0.237 e. The van der Waals surface area contributed by atoms with Crippen molar-refractivity contribution in [2.75, 3.05) is 26.8 Å². The number of methoxy groups -OCH3 is 1. The van der Waals surface area contributed by atoms with Crippen LogP contribution in [0.4, 0.5) is 0 Å². The summed E-state index contributed by atoms with van der Waals surface area (Å²) in [6.07, 6.45) is 2.00. The molecule has 0 spiro atoms. The van der Waals surface area contributed by atoms with E-state index < -0.39 is 0 Å². The fourth-order valence-electron chi connectivity index (χ4n) is 2.37. The molecule has 0 aliphatic carbocycles. The third-order valence-corrected chi connectivity index (χ3v) is 3.73. The lowest BCUT2D eigenvalue weighted by atomic mass is 10.2. The molecule has 1 amide bonds. The lowest BCUT2D eigenvalue weighted by Crippen LogP contribution is -2.38. The van der Waals surface area contributed by atoms with E-state index in [9.17, 15) is 4.79 Å². The van der Waals surface area contributed by atoms with Crippen LogP contribution in [0.5, 0.6) is 0 Å². The number of rotatable bonds is 9. The van der Waals surface area contributed by atoms with Gasteiger partial charge in [0.2, 0.25) is 5.91 Å². The number of amides is 1. The second-order valence-corrected chi connectivity index (χ2v) is 5.52. The minimum Gasteiger partial charge on any atom is -0.383 e. The van der Waals surface area contributed by atoms with Gasteiger partial charge in [-0.25, -0.2) is 0 Å². The molecule has 5 heteroatoms. The van der Waals surface area contributed by atoms with Crippen molar-refractivity contribution in [2.24, 2.45) is 7.05 Å². The number of nitrogens with one attached hydrogen (secondary N) is 1. The third-order valence-electron chi connectivity index (χ3n) is 3.73. The second-order valence-electron chi connectivity index (χ2n) is 5.52. The summed E-state index contributed by atoms with van der Waals surface area (Å²) >= 11 is 0. The van der Waals surface area contributed by atoms with E-state index in [1.807, 2.05) is 65.2 Å². The maximum atomic E-state index is 12.6. The average Bonchev–Trinajstić information content (AvgIpc) is 2.97. The van der Waals surface area contributed by atoms with Crippen LogP contribution in [-0.4, -0.2) is 42.2 Å². The Hall–Kier alpha value is -2.11. The van der Waals surface area contributed by atoms with Crippen LogP contribution in [0.1, 0.15) is 11.3 Å². The number of aromatic nitrogens is 1. The van der Waals surface area contributed by atoms with Crippen molar-refractivity contribution >= 4 is 5.91 Å². The van der Waals surface area contributed by atoms with Gasteiger partial charge in [0.1, 0.15) is 0 Å². The highest BCUT2D eigenvalue weighted by atomic mass is 16.5. The third kappa shape index (κ3) is 5.54. The molecule has 2 aromatic rings. The molecule has 1 heterocycles. The van der Waals surface area contributed by atoms with Crippen molar-refractivity contribution in [2.45, 2.75) is 13.1 Å². The van der Waals surface area contributed by atoms with Crippen LogP contribution in [0, 0.1) is 0 Å². The number of aryl methyl sites for hydroxylation is 1. The van der Waals surface area contributed by atoms with E-state index in [1.165, 1.54) is 0 Å². The van der Waals surface area contributed by atoms with Gasteiger partial charge in [-0.3, -0.25) is 4.79 Å². The van der Waals surface area contributed by atoms with E-state index in [0.29, 0.717) is 32.8 Å². The molecule has 0 aliphatic rings. The van der Waals surface area contributed by atoms with Crippen LogP contribution in [0.3, 0.4) is 0 Å².